The topological polar surface area (TPSA) is 76.8 Å². The molecule has 0 saturated heterocycles. The van der Waals surface area contributed by atoms with Gasteiger partial charge in [0.05, 0.1) is 17.8 Å². The Morgan fingerprint density at radius 1 is 1.24 bits per heavy atom. The summed E-state index contributed by atoms with van der Waals surface area (Å²) >= 11 is 0. The molecule has 0 fully saturated rings. The van der Waals surface area contributed by atoms with Crippen molar-refractivity contribution in [3.05, 3.63) is 48.0 Å². The standard InChI is InChI=1S/C14H12N6O/c21-14(19-6-10-5-15-9-16-12(10)7-19)8-20-13-4-2-1-3-11(13)17-18-20/h1-5,9H,6-8H2. The van der Waals surface area contributed by atoms with E-state index in [1.54, 1.807) is 15.8 Å². The van der Waals surface area contributed by atoms with Crippen molar-refractivity contribution in [3.63, 3.8) is 0 Å². The summed E-state index contributed by atoms with van der Waals surface area (Å²) in [5, 5.41) is 8.10. The Bertz CT molecular complexity index is 802. The van der Waals surface area contributed by atoms with Gasteiger partial charge in [-0.15, -0.1) is 5.10 Å². The first-order chi connectivity index (χ1) is 10.3. The average molecular weight is 280 g/mol. The summed E-state index contributed by atoms with van der Waals surface area (Å²) < 4.78 is 1.63. The van der Waals surface area contributed by atoms with E-state index in [9.17, 15) is 4.79 Å². The SMILES string of the molecule is O=C(Cn1nnc2ccccc21)N1Cc2cncnc2C1. The first-order valence-electron chi connectivity index (χ1n) is 6.65. The first kappa shape index (κ1) is 12.0. The van der Waals surface area contributed by atoms with E-state index < -0.39 is 0 Å². The third-order valence-electron chi connectivity index (χ3n) is 3.64. The second-order valence-corrected chi connectivity index (χ2v) is 4.98. The molecule has 21 heavy (non-hydrogen) atoms. The van der Waals surface area contributed by atoms with Gasteiger partial charge in [-0.1, -0.05) is 17.3 Å². The molecule has 7 heteroatoms. The van der Waals surface area contributed by atoms with E-state index in [0.29, 0.717) is 13.1 Å². The lowest BCUT2D eigenvalue weighted by molar-refractivity contribution is -0.132. The summed E-state index contributed by atoms with van der Waals surface area (Å²) in [6.45, 7) is 1.27. The zero-order valence-corrected chi connectivity index (χ0v) is 11.2. The fourth-order valence-corrected chi connectivity index (χ4v) is 2.54. The van der Waals surface area contributed by atoms with Crippen molar-refractivity contribution in [2.45, 2.75) is 19.6 Å². The van der Waals surface area contributed by atoms with Crippen LogP contribution in [0.1, 0.15) is 11.3 Å². The van der Waals surface area contributed by atoms with E-state index in [1.165, 1.54) is 6.33 Å². The summed E-state index contributed by atoms with van der Waals surface area (Å²) in [6, 6.07) is 7.60. The highest BCUT2D eigenvalue weighted by Crippen LogP contribution is 2.20. The quantitative estimate of drug-likeness (QED) is 0.692. The van der Waals surface area contributed by atoms with Crippen LogP contribution in [0.25, 0.3) is 11.0 Å². The number of para-hydroxylation sites is 1. The molecule has 1 amide bonds. The molecule has 0 aliphatic carbocycles. The Morgan fingerprint density at radius 3 is 3.05 bits per heavy atom. The van der Waals surface area contributed by atoms with Gasteiger partial charge in [0.25, 0.3) is 0 Å². The van der Waals surface area contributed by atoms with E-state index in [2.05, 4.69) is 20.3 Å². The molecule has 3 aromatic rings. The predicted octanol–water partition coefficient (Wildman–Crippen LogP) is 0.764. The van der Waals surface area contributed by atoms with Gasteiger partial charge in [0.1, 0.15) is 18.4 Å². The maximum atomic E-state index is 12.4. The second-order valence-electron chi connectivity index (χ2n) is 4.98. The average Bonchev–Trinajstić information content (AvgIpc) is 3.11. The van der Waals surface area contributed by atoms with Crippen molar-refractivity contribution in [1.29, 1.82) is 0 Å². The van der Waals surface area contributed by atoms with Crippen LogP contribution in [0, 0.1) is 0 Å². The van der Waals surface area contributed by atoms with Gasteiger partial charge >= 0.3 is 0 Å². The number of hydrogen-bond acceptors (Lipinski definition) is 5. The number of carbonyl (C=O) groups is 1. The Labute approximate surface area is 120 Å². The van der Waals surface area contributed by atoms with Crippen LogP contribution in [-0.2, 0) is 24.4 Å². The van der Waals surface area contributed by atoms with Crippen molar-refractivity contribution < 1.29 is 4.79 Å². The van der Waals surface area contributed by atoms with Gasteiger partial charge < -0.3 is 4.90 Å². The molecule has 104 valence electrons. The molecular formula is C14H12N6O. The molecule has 4 rings (SSSR count). The van der Waals surface area contributed by atoms with Crippen molar-refractivity contribution in [3.8, 4) is 0 Å². The number of amides is 1. The van der Waals surface area contributed by atoms with Crippen LogP contribution in [0.2, 0.25) is 0 Å². The first-order valence-corrected chi connectivity index (χ1v) is 6.65. The molecule has 0 radical (unpaired) electrons. The highest BCUT2D eigenvalue weighted by atomic mass is 16.2. The minimum Gasteiger partial charge on any atom is -0.331 e. The third-order valence-corrected chi connectivity index (χ3v) is 3.64. The van der Waals surface area contributed by atoms with Crippen molar-refractivity contribution >= 4 is 16.9 Å². The fourth-order valence-electron chi connectivity index (χ4n) is 2.54. The van der Waals surface area contributed by atoms with Crippen molar-refractivity contribution in [2.24, 2.45) is 0 Å². The number of benzene rings is 1. The zero-order chi connectivity index (χ0) is 14.2. The van der Waals surface area contributed by atoms with Crippen LogP contribution in [0.4, 0.5) is 0 Å². The van der Waals surface area contributed by atoms with Crippen molar-refractivity contribution in [1.82, 2.24) is 29.9 Å². The van der Waals surface area contributed by atoms with E-state index in [1.807, 2.05) is 24.3 Å². The fraction of sp³-hybridized carbons (Fsp3) is 0.214. The largest absolute Gasteiger partial charge is 0.331 e. The summed E-state index contributed by atoms with van der Waals surface area (Å²) in [5.74, 6) is 0.00338. The minimum atomic E-state index is 0.00338. The molecule has 7 nitrogen and oxygen atoms in total. The third kappa shape index (κ3) is 2.03. The summed E-state index contributed by atoms with van der Waals surface area (Å²) in [6.07, 6.45) is 3.28. The van der Waals surface area contributed by atoms with Gasteiger partial charge in [-0.25, -0.2) is 14.6 Å². The Balaban J connectivity index is 1.55. The molecule has 2 aromatic heterocycles. The number of carbonyl (C=O) groups excluding carboxylic acids is 1. The monoisotopic (exact) mass is 280 g/mol. The summed E-state index contributed by atoms with van der Waals surface area (Å²) in [5.41, 5.74) is 3.58. The number of aromatic nitrogens is 5. The lowest BCUT2D eigenvalue weighted by atomic mass is 10.3. The van der Waals surface area contributed by atoms with Gasteiger partial charge in [0, 0.05) is 18.3 Å². The van der Waals surface area contributed by atoms with Crippen LogP contribution in [0.5, 0.6) is 0 Å². The number of nitrogens with zero attached hydrogens (tertiary/aromatic N) is 6. The smallest absolute Gasteiger partial charge is 0.245 e. The number of fused-ring (bicyclic) bond motifs is 2. The van der Waals surface area contributed by atoms with E-state index >= 15 is 0 Å². The van der Waals surface area contributed by atoms with E-state index in [-0.39, 0.29) is 12.5 Å². The lowest BCUT2D eigenvalue weighted by Crippen LogP contribution is -2.29. The van der Waals surface area contributed by atoms with Crippen LogP contribution >= 0.6 is 0 Å². The number of hydrogen-bond donors (Lipinski definition) is 0. The van der Waals surface area contributed by atoms with Gasteiger partial charge in [-0.05, 0) is 12.1 Å². The molecule has 1 aromatic carbocycles. The summed E-state index contributed by atoms with van der Waals surface area (Å²) in [7, 11) is 0. The van der Waals surface area contributed by atoms with Crippen LogP contribution in [0.15, 0.2) is 36.8 Å². The molecule has 0 N–H and O–H groups in total. The molecule has 0 bridgehead atoms. The second kappa shape index (κ2) is 4.62. The van der Waals surface area contributed by atoms with Crippen LogP contribution in [-0.4, -0.2) is 35.8 Å². The molecule has 3 heterocycles. The molecular weight excluding hydrogens is 268 g/mol. The molecule has 0 saturated carbocycles. The molecule has 0 spiro atoms. The molecule has 1 aliphatic heterocycles. The van der Waals surface area contributed by atoms with Crippen LogP contribution in [0.3, 0.4) is 0 Å². The highest BCUT2D eigenvalue weighted by Gasteiger charge is 2.25. The van der Waals surface area contributed by atoms with Crippen LogP contribution < -0.4 is 0 Å². The van der Waals surface area contributed by atoms with E-state index in [4.69, 9.17) is 0 Å². The lowest BCUT2D eigenvalue weighted by Gasteiger charge is -2.14. The number of rotatable bonds is 2. The van der Waals surface area contributed by atoms with Gasteiger partial charge in [0.15, 0.2) is 0 Å². The zero-order valence-electron chi connectivity index (χ0n) is 11.2. The van der Waals surface area contributed by atoms with Gasteiger partial charge in [-0.3, -0.25) is 4.79 Å². The normalized spacial score (nSPS) is 13.6. The molecule has 0 atom stereocenters. The Morgan fingerprint density at radius 2 is 2.14 bits per heavy atom. The highest BCUT2D eigenvalue weighted by molar-refractivity contribution is 5.80. The Kier molecular flexibility index (Phi) is 2.63. The maximum absolute atomic E-state index is 12.4. The molecule has 1 aliphatic rings. The minimum absolute atomic E-state index is 0.00338. The van der Waals surface area contributed by atoms with Crippen molar-refractivity contribution in [2.75, 3.05) is 0 Å². The molecule has 0 unspecified atom stereocenters. The van der Waals surface area contributed by atoms with E-state index in [0.717, 1.165) is 22.3 Å². The van der Waals surface area contributed by atoms with Gasteiger partial charge in [-0.2, -0.15) is 0 Å². The van der Waals surface area contributed by atoms with Gasteiger partial charge in [0.2, 0.25) is 5.91 Å². The Hall–Kier alpha value is -2.83. The maximum Gasteiger partial charge on any atom is 0.245 e. The summed E-state index contributed by atoms with van der Waals surface area (Å²) in [4.78, 5) is 22.4. The predicted molar refractivity (Wildman–Crippen MR) is 73.8 cm³/mol.